The summed E-state index contributed by atoms with van der Waals surface area (Å²) in [5.74, 6) is 0.967. The number of nitrogens with zero attached hydrogens (tertiary/aromatic N) is 1. The molecule has 0 radical (unpaired) electrons. The zero-order chi connectivity index (χ0) is 22.3. The Balaban J connectivity index is 2.13. The monoisotopic (exact) mass is 423 g/mol. The molecular weight excluding hydrogens is 382 g/mol. The lowest BCUT2D eigenvalue weighted by Crippen LogP contribution is -2.48. The summed E-state index contributed by atoms with van der Waals surface area (Å²) in [6.45, 7) is 10.2. The molecule has 1 amide bonds. The van der Waals surface area contributed by atoms with Crippen molar-refractivity contribution in [1.82, 2.24) is 4.90 Å². The summed E-state index contributed by atoms with van der Waals surface area (Å²) in [5, 5.41) is 9.95. The predicted molar refractivity (Wildman–Crippen MR) is 117 cm³/mol. The second-order valence-electron chi connectivity index (χ2n) is 9.69. The summed E-state index contributed by atoms with van der Waals surface area (Å²) < 4.78 is 11.3. The molecule has 0 unspecified atom stereocenters. The molecule has 2 rings (SSSR count). The van der Waals surface area contributed by atoms with E-state index in [0.717, 1.165) is 19.3 Å². The van der Waals surface area contributed by atoms with Crippen LogP contribution in [0.1, 0.15) is 86.0 Å². The maximum atomic E-state index is 12.1. The zero-order valence-electron chi connectivity index (χ0n) is 19.4. The maximum absolute atomic E-state index is 12.1. The summed E-state index contributed by atoms with van der Waals surface area (Å²) in [7, 11) is 0. The average molecular weight is 424 g/mol. The fourth-order valence-corrected chi connectivity index (χ4v) is 5.14. The Hall–Kier alpha value is -1.56. The molecule has 30 heavy (non-hydrogen) atoms. The van der Waals surface area contributed by atoms with Crippen molar-refractivity contribution in [3.8, 4) is 0 Å². The van der Waals surface area contributed by atoms with E-state index >= 15 is 0 Å². The molecule has 3 atom stereocenters. The van der Waals surface area contributed by atoms with Crippen LogP contribution >= 0.6 is 0 Å². The van der Waals surface area contributed by atoms with E-state index < -0.39 is 11.8 Å². The van der Waals surface area contributed by atoms with Crippen LogP contribution in [-0.4, -0.2) is 46.5 Å². The molecule has 172 valence electrons. The number of carbonyl (C=O) groups excluding carboxylic acids is 1. The minimum absolute atomic E-state index is 0.115. The van der Waals surface area contributed by atoms with Gasteiger partial charge in [0.1, 0.15) is 5.72 Å². The van der Waals surface area contributed by atoms with Crippen molar-refractivity contribution < 1.29 is 24.2 Å². The number of ether oxygens (including phenoxy) is 2. The van der Waals surface area contributed by atoms with Crippen molar-refractivity contribution in [2.24, 2.45) is 17.8 Å². The molecule has 1 saturated heterocycles. The van der Waals surface area contributed by atoms with Gasteiger partial charge in [-0.3, -0.25) is 4.90 Å². The highest BCUT2D eigenvalue weighted by atomic mass is 16.6. The third-order valence-corrected chi connectivity index (χ3v) is 6.74. The van der Waals surface area contributed by atoms with Gasteiger partial charge in [-0.1, -0.05) is 52.0 Å². The van der Waals surface area contributed by atoms with Crippen molar-refractivity contribution in [3.63, 3.8) is 0 Å². The Kier molecular flexibility index (Phi) is 9.20. The van der Waals surface area contributed by atoms with Gasteiger partial charge in [-0.15, -0.1) is 0 Å². The molecule has 1 heterocycles. The standard InChI is InChI=1S/C24H41NO5/c1-6-29-22(26)14-10-13-19(17(2)3)16-21-20(15-18-11-8-7-9-12-18)25(23(27)28)24(4,5)30-21/h10,14,17-21H,6-9,11-13,15-16H2,1-5H3,(H,27,28)/t19-,20-,21-/m0/s1. The Morgan fingerprint density at radius 1 is 1.23 bits per heavy atom. The zero-order valence-corrected chi connectivity index (χ0v) is 19.4. The second-order valence-corrected chi connectivity index (χ2v) is 9.69. The minimum Gasteiger partial charge on any atom is -0.465 e. The van der Waals surface area contributed by atoms with Crippen molar-refractivity contribution >= 4 is 12.1 Å². The number of allylic oxidation sites excluding steroid dienone is 1. The maximum Gasteiger partial charge on any atom is 0.409 e. The molecule has 1 N–H and O–H groups in total. The number of rotatable bonds is 9. The first-order valence-electron chi connectivity index (χ1n) is 11.7. The van der Waals surface area contributed by atoms with E-state index in [0.29, 0.717) is 24.4 Å². The van der Waals surface area contributed by atoms with Gasteiger partial charge in [0, 0.05) is 6.08 Å². The Morgan fingerprint density at radius 2 is 1.90 bits per heavy atom. The van der Waals surface area contributed by atoms with Gasteiger partial charge in [0.25, 0.3) is 0 Å². The Bertz CT molecular complexity index is 594. The highest BCUT2D eigenvalue weighted by Crippen LogP contribution is 2.41. The Labute approximate surface area is 182 Å². The molecule has 6 nitrogen and oxygen atoms in total. The third kappa shape index (κ3) is 6.73. The number of esters is 1. The normalized spacial score (nSPS) is 25.7. The van der Waals surface area contributed by atoms with Gasteiger partial charge in [0.2, 0.25) is 0 Å². The highest BCUT2D eigenvalue weighted by Gasteiger charge is 2.50. The van der Waals surface area contributed by atoms with E-state index in [9.17, 15) is 14.7 Å². The van der Waals surface area contributed by atoms with E-state index in [-0.39, 0.29) is 18.1 Å². The van der Waals surface area contributed by atoms with Crippen molar-refractivity contribution in [2.45, 2.75) is 104 Å². The smallest absolute Gasteiger partial charge is 0.409 e. The number of carboxylic acid groups (broad SMARTS) is 1. The largest absolute Gasteiger partial charge is 0.465 e. The van der Waals surface area contributed by atoms with Crippen LogP contribution in [0.3, 0.4) is 0 Å². The number of hydrogen-bond donors (Lipinski definition) is 1. The van der Waals surface area contributed by atoms with E-state index in [1.165, 1.54) is 38.2 Å². The molecule has 0 aromatic carbocycles. The summed E-state index contributed by atoms with van der Waals surface area (Å²) in [6.07, 6.45) is 10.9. The fraction of sp³-hybridized carbons (Fsp3) is 0.833. The summed E-state index contributed by atoms with van der Waals surface area (Å²) in [5.41, 5.74) is -0.821. The number of hydrogen-bond acceptors (Lipinski definition) is 4. The van der Waals surface area contributed by atoms with E-state index in [2.05, 4.69) is 13.8 Å². The van der Waals surface area contributed by atoms with Gasteiger partial charge in [0.05, 0.1) is 18.8 Å². The summed E-state index contributed by atoms with van der Waals surface area (Å²) in [6, 6.07) is -0.115. The van der Waals surface area contributed by atoms with Crippen LogP contribution in [0.2, 0.25) is 0 Å². The van der Waals surface area contributed by atoms with Gasteiger partial charge >= 0.3 is 12.1 Å². The molecule has 0 aromatic rings. The lowest BCUT2D eigenvalue weighted by Gasteiger charge is -2.34. The molecule has 0 spiro atoms. The minimum atomic E-state index is -0.897. The van der Waals surface area contributed by atoms with Gasteiger partial charge in [-0.05, 0) is 57.8 Å². The predicted octanol–water partition coefficient (Wildman–Crippen LogP) is 5.61. The van der Waals surface area contributed by atoms with E-state index in [4.69, 9.17) is 9.47 Å². The van der Waals surface area contributed by atoms with Crippen LogP contribution in [0.15, 0.2) is 12.2 Å². The first kappa shape index (κ1) is 24.7. The average Bonchev–Trinajstić information content (AvgIpc) is 2.91. The van der Waals surface area contributed by atoms with Crippen LogP contribution < -0.4 is 0 Å². The van der Waals surface area contributed by atoms with Crippen LogP contribution in [0.4, 0.5) is 4.79 Å². The molecule has 1 aliphatic heterocycles. The van der Waals surface area contributed by atoms with Crippen molar-refractivity contribution in [2.75, 3.05) is 6.61 Å². The van der Waals surface area contributed by atoms with E-state index in [1.54, 1.807) is 11.8 Å². The van der Waals surface area contributed by atoms with Gasteiger partial charge in [0.15, 0.2) is 0 Å². The quantitative estimate of drug-likeness (QED) is 0.385. The van der Waals surface area contributed by atoms with Gasteiger partial charge in [-0.2, -0.15) is 0 Å². The first-order valence-corrected chi connectivity index (χ1v) is 11.7. The van der Waals surface area contributed by atoms with Crippen LogP contribution in [0.5, 0.6) is 0 Å². The molecule has 0 bridgehead atoms. The second kappa shape index (κ2) is 11.2. The third-order valence-electron chi connectivity index (χ3n) is 6.74. The summed E-state index contributed by atoms with van der Waals surface area (Å²) >= 11 is 0. The molecule has 1 aliphatic carbocycles. The van der Waals surface area contributed by atoms with Crippen molar-refractivity contribution in [3.05, 3.63) is 12.2 Å². The van der Waals surface area contributed by atoms with Crippen molar-refractivity contribution in [1.29, 1.82) is 0 Å². The fourth-order valence-electron chi connectivity index (χ4n) is 5.14. The van der Waals surface area contributed by atoms with Crippen LogP contribution in [0.25, 0.3) is 0 Å². The molecule has 1 saturated carbocycles. The molecular formula is C24H41NO5. The SMILES string of the molecule is CCOC(=O)C=CC[C@@H](C[C@@H]1OC(C)(C)N(C(=O)O)[C@H]1CC1CCCCC1)C(C)C. The van der Waals surface area contributed by atoms with E-state index in [1.807, 2.05) is 19.9 Å². The lowest BCUT2D eigenvalue weighted by atomic mass is 9.80. The molecule has 2 fully saturated rings. The number of carbonyl (C=O) groups is 2. The molecule has 0 aromatic heterocycles. The highest BCUT2D eigenvalue weighted by molar-refractivity contribution is 5.81. The first-order chi connectivity index (χ1) is 14.2. The summed E-state index contributed by atoms with van der Waals surface area (Å²) in [4.78, 5) is 25.3. The Morgan fingerprint density at radius 3 is 2.47 bits per heavy atom. The van der Waals surface area contributed by atoms with Gasteiger partial charge < -0.3 is 14.6 Å². The van der Waals surface area contributed by atoms with Gasteiger partial charge in [-0.25, -0.2) is 9.59 Å². The topological polar surface area (TPSA) is 76.1 Å². The van der Waals surface area contributed by atoms with Crippen LogP contribution in [-0.2, 0) is 14.3 Å². The molecule has 6 heteroatoms. The lowest BCUT2D eigenvalue weighted by molar-refractivity contribution is -0.137. The molecule has 2 aliphatic rings. The number of amides is 1. The van der Waals surface area contributed by atoms with Crippen LogP contribution in [0, 0.1) is 17.8 Å².